The second-order valence-corrected chi connectivity index (χ2v) is 5.73. The first-order chi connectivity index (χ1) is 9.97. The summed E-state index contributed by atoms with van der Waals surface area (Å²) in [5.41, 5.74) is 8.55. The number of carbonyl (C=O) groups is 1. The topological polar surface area (TPSA) is 75.4 Å². The highest BCUT2D eigenvalue weighted by atomic mass is 79.9. The van der Waals surface area contributed by atoms with E-state index in [0.717, 1.165) is 21.3 Å². The zero-order valence-corrected chi connectivity index (χ0v) is 13.2. The minimum Gasteiger partial charge on any atom is -0.508 e. The van der Waals surface area contributed by atoms with Gasteiger partial charge < -0.3 is 16.2 Å². The Kier molecular flexibility index (Phi) is 4.98. The van der Waals surface area contributed by atoms with Crippen LogP contribution in [0.1, 0.15) is 11.1 Å². The van der Waals surface area contributed by atoms with Crippen molar-refractivity contribution < 1.29 is 9.90 Å². The number of carbonyl (C=O) groups excluding carboxylic acids is 1. The van der Waals surface area contributed by atoms with Gasteiger partial charge >= 0.3 is 0 Å². The van der Waals surface area contributed by atoms with Crippen LogP contribution in [0.3, 0.4) is 0 Å². The van der Waals surface area contributed by atoms with Gasteiger partial charge in [0.1, 0.15) is 5.75 Å². The molecule has 2 aromatic rings. The van der Waals surface area contributed by atoms with Crippen LogP contribution >= 0.6 is 15.9 Å². The average molecular weight is 349 g/mol. The van der Waals surface area contributed by atoms with Gasteiger partial charge in [-0.05, 0) is 48.7 Å². The smallest absolute Gasteiger partial charge is 0.241 e. The maximum atomic E-state index is 12.1. The van der Waals surface area contributed by atoms with E-state index in [-0.39, 0.29) is 11.7 Å². The molecule has 5 heteroatoms. The van der Waals surface area contributed by atoms with E-state index in [4.69, 9.17) is 5.73 Å². The third-order valence-electron chi connectivity index (χ3n) is 3.25. The molecule has 0 bridgehead atoms. The van der Waals surface area contributed by atoms with Crippen molar-refractivity contribution in [2.24, 2.45) is 5.73 Å². The van der Waals surface area contributed by atoms with Gasteiger partial charge in [0.05, 0.1) is 6.04 Å². The van der Waals surface area contributed by atoms with Crippen LogP contribution in [0.2, 0.25) is 0 Å². The molecule has 4 nitrogen and oxygen atoms in total. The van der Waals surface area contributed by atoms with Crippen molar-refractivity contribution in [3.63, 3.8) is 0 Å². The molecule has 0 radical (unpaired) electrons. The van der Waals surface area contributed by atoms with Gasteiger partial charge in [0.25, 0.3) is 0 Å². The summed E-state index contributed by atoms with van der Waals surface area (Å²) in [6, 6.07) is 11.6. The fourth-order valence-corrected chi connectivity index (χ4v) is 2.31. The second kappa shape index (κ2) is 6.74. The predicted molar refractivity (Wildman–Crippen MR) is 87.3 cm³/mol. The SMILES string of the molecule is Cc1c(Br)cccc1NC(=O)[C@@H](N)Cc1ccc(O)cc1. The van der Waals surface area contributed by atoms with E-state index in [2.05, 4.69) is 21.2 Å². The van der Waals surface area contributed by atoms with Crippen molar-refractivity contribution in [3.8, 4) is 5.75 Å². The van der Waals surface area contributed by atoms with Crippen molar-refractivity contribution in [1.29, 1.82) is 0 Å². The minimum absolute atomic E-state index is 0.196. The molecule has 0 aliphatic carbocycles. The molecule has 21 heavy (non-hydrogen) atoms. The summed E-state index contributed by atoms with van der Waals surface area (Å²) >= 11 is 3.43. The molecule has 0 aromatic heterocycles. The molecule has 0 heterocycles. The molecule has 0 fully saturated rings. The second-order valence-electron chi connectivity index (χ2n) is 4.88. The lowest BCUT2D eigenvalue weighted by atomic mass is 10.1. The van der Waals surface area contributed by atoms with Crippen LogP contribution in [-0.4, -0.2) is 17.1 Å². The molecule has 4 N–H and O–H groups in total. The number of halogens is 1. The first-order valence-electron chi connectivity index (χ1n) is 6.57. The van der Waals surface area contributed by atoms with Crippen LogP contribution in [-0.2, 0) is 11.2 Å². The molecular weight excluding hydrogens is 332 g/mol. The van der Waals surface area contributed by atoms with Crippen LogP contribution in [0.5, 0.6) is 5.75 Å². The number of phenolic OH excluding ortho intramolecular Hbond substituents is 1. The Morgan fingerprint density at radius 2 is 1.95 bits per heavy atom. The molecule has 1 amide bonds. The highest BCUT2D eigenvalue weighted by molar-refractivity contribution is 9.10. The van der Waals surface area contributed by atoms with E-state index in [1.54, 1.807) is 24.3 Å². The van der Waals surface area contributed by atoms with Crippen LogP contribution in [0.25, 0.3) is 0 Å². The van der Waals surface area contributed by atoms with Gasteiger partial charge in [-0.3, -0.25) is 4.79 Å². The summed E-state index contributed by atoms with van der Waals surface area (Å²) in [6.07, 6.45) is 0.416. The van der Waals surface area contributed by atoms with Crippen molar-refractivity contribution in [2.75, 3.05) is 5.32 Å². The Morgan fingerprint density at radius 1 is 1.29 bits per heavy atom. The van der Waals surface area contributed by atoms with Gasteiger partial charge in [-0.25, -0.2) is 0 Å². The van der Waals surface area contributed by atoms with E-state index in [0.29, 0.717) is 6.42 Å². The van der Waals surface area contributed by atoms with Gasteiger partial charge in [-0.2, -0.15) is 0 Å². The molecule has 0 spiro atoms. The van der Waals surface area contributed by atoms with Crippen LogP contribution < -0.4 is 11.1 Å². The van der Waals surface area contributed by atoms with E-state index in [1.807, 2.05) is 25.1 Å². The Labute approximate surface area is 132 Å². The van der Waals surface area contributed by atoms with Gasteiger partial charge in [0.2, 0.25) is 5.91 Å². The normalized spacial score (nSPS) is 12.0. The number of rotatable bonds is 4. The van der Waals surface area contributed by atoms with E-state index in [1.165, 1.54) is 0 Å². The third kappa shape index (κ3) is 4.06. The monoisotopic (exact) mass is 348 g/mol. The number of nitrogens with one attached hydrogen (secondary N) is 1. The fraction of sp³-hybridized carbons (Fsp3) is 0.188. The molecule has 110 valence electrons. The standard InChI is InChI=1S/C16H17BrN2O2/c1-10-13(17)3-2-4-15(10)19-16(21)14(18)9-11-5-7-12(20)8-6-11/h2-8,14,20H,9,18H2,1H3,(H,19,21)/t14-/m0/s1. The van der Waals surface area contributed by atoms with Gasteiger partial charge in [0, 0.05) is 10.2 Å². The summed E-state index contributed by atoms with van der Waals surface area (Å²) < 4.78 is 0.937. The number of benzene rings is 2. The van der Waals surface area contributed by atoms with Gasteiger partial charge in [-0.1, -0.05) is 34.1 Å². The Balaban J connectivity index is 2.02. The number of nitrogens with two attached hydrogens (primary N) is 1. The Bertz CT molecular complexity index is 641. The lowest BCUT2D eigenvalue weighted by Crippen LogP contribution is -2.37. The van der Waals surface area contributed by atoms with E-state index in [9.17, 15) is 9.90 Å². The highest BCUT2D eigenvalue weighted by Gasteiger charge is 2.15. The summed E-state index contributed by atoms with van der Waals surface area (Å²) in [4.78, 5) is 12.1. The molecule has 0 saturated carbocycles. The minimum atomic E-state index is -0.645. The lowest BCUT2D eigenvalue weighted by Gasteiger charge is -2.14. The quantitative estimate of drug-likeness (QED) is 0.794. The van der Waals surface area contributed by atoms with Gasteiger partial charge in [-0.15, -0.1) is 0 Å². The molecule has 2 rings (SSSR count). The lowest BCUT2D eigenvalue weighted by molar-refractivity contribution is -0.117. The number of phenols is 1. The summed E-state index contributed by atoms with van der Waals surface area (Å²) in [7, 11) is 0. The number of anilines is 1. The number of amides is 1. The molecule has 0 aliphatic heterocycles. The zero-order valence-electron chi connectivity index (χ0n) is 11.6. The molecular formula is C16H17BrN2O2. The molecule has 0 unspecified atom stereocenters. The van der Waals surface area contributed by atoms with Crippen molar-refractivity contribution in [1.82, 2.24) is 0 Å². The average Bonchev–Trinajstić information content (AvgIpc) is 2.46. The zero-order chi connectivity index (χ0) is 15.4. The Morgan fingerprint density at radius 3 is 2.62 bits per heavy atom. The summed E-state index contributed by atoms with van der Waals surface area (Å²) in [6.45, 7) is 1.92. The van der Waals surface area contributed by atoms with Gasteiger partial charge in [0.15, 0.2) is 0 Å². The predicted octanol–water partition coefficient (Wildman–Crippen LogP) is 2.97. The number of hydrogen-bond acceptors (Lipinski definition) is 3. The molecule has 0 saturated heterocycles. The molecule has 0 aliphatic rings. The number of aromatic hydroxyl groups is 1. The highest BCUT2D eigenvalue weighted by Crippen LogP contribution is 2.23. The summed E-state index contributed by atoms with van der Waals surface area (Å²) in [5.74, 6) is -0.0363. The summed E-state index contributed by atoms with van der Waals surface area (Å²) in [5, 5.41) is 12.1. The first kappa shape index (κ1) is 15.5. The van der Waals surface area contributed by atoms with Crippen molar-refractivity contribution in [2.45, 2.75) is 19.4 Å². The van der Waals surface area contributed by atoms with Crippen molar-refractivity contribution in [3.05, 3.63) is 58.1 Å². The van der Waals surface area contributed by atoms with Crippen molar-refractivity contribution >= 4 is 27.5 Å². The number of hydrogen-bond donors (Lipinski definition) is 3. The molecule has 2 aromatic carbocycles. The van der Waals surface area contributed by atoms with E-state index >= 15 is 0 Å². The first-order valence-corrected chi connectivity index (χ1v) is 7.36. The van der Waals surface area contributed by atoms with Crippen LogP contribution in [0.15, 0.2) is 46.9 Å². The van der Waals surface area contributed by atoms with Crippen LogP contribution in [0, 0.1) is 6.92 Å². The maximum absolute atomic E-state index is 12.1. The Hall–Kier alpha value is -1.85. The molecule has 1 atom stereocenters. The maximum Gasteiger partial charge on any atom is 0.241 e. The largest absolute Gasteiger partial charge is 0.508 e. The van der Waals surface area contributed by atoms with E-state index < -0.39 is 6.04 Å². The third-order valence-corrected chi connectivity index (χ3v) is 4.11. The van der Waals surface area contributed by atoms with Crippen LogP contribution in [0.4, 0.5) is 5.69 Å². The fourth-order valence-electron chi connectivity index (χ4n) is 1.95.